The molecule has 0 saturated carbocycles. The number of alkyl halides is 6. The van der Waals surface area contributed by atoms with Gasteiger partial charge in [0.1, 0.15) is 16.9 Å². The van der Waals surface area contributed by atoms with Gasteiger partial charge in [-0.3, -0.25) is 4.98 Å². The van der Waals surface area contributed by atoms with Crippen molar-refractivity contribution in [1.29, 1.82) is 0 Å². The maximum Gasteiger partial charge on any atom is 0.416 e. The molecule has 11 heteroatoms. The summed E-state index contributed by atoms with van der Waals surface area (Å²) in [7, 11) is 0. The number of fused-ring (bicyclic) bond motifs is 4. The lowest BCUT2D eigenvalue weighted by atomic mass is 10.1. The van der Waals surface area contributed by atoms with Crippen molar-refractivity contribution in [2.24, 2.45) is 4.99 Å². The Morgan fingerprint density at radius 3 is 2.18 bits per heavy atom. The van der Waals surface area contributed by atoms with Gasteiger partial charge in [0.2, 0.25) is 0 Å². The average molecular weight is 474 g/mol. The minimum atomic E-state index is -4.62. The van der Waals surface area contributed by atoms with Gasteiger partial charge in [-0.1, -0.05) is 0 Å². The number of nitrogens with zero attached hydrogens (tertiary/aromatic N) is 4. The molecule has 0 spiro atoms. The summed E-state index contributed by atoms with van der Waals surface area (Å²) in [6.45, 7) is 0. The fourth-order valence-electron chi connectivity index (χ4n) is 3.65. The molecule has 5 nitrogen and oxygen atoms in total. The summed E-state index contributed by atoms with van der Waals surface area (Å²) >= 11 is 0. The van der Waals surface area contributed by atoms with E-state index in [0.29, 0.717) is 15.6 Å². The second-order valence-electron chi connectivity index (χ2n) is 7.44. The van der Waals surface area contributed by atoms with E-state index in [2.05, 4.69) is 15.0 Å². The van der Waals surface area contributed by atoms with Crippen LogP contribution in [0.1, 0.15) is 11.1 Å². The molecule has 0 fully saturated rings. The van der Waals surface area contributed by atoms with Crippen LogP contribution in [-0.2, 0) is 12.4 Å². The molecule has 0 unspecified atom stereocenters. The molecule has 5 rings (SSSR count). The van der Waals surface area contributed by atoms with E-state index >= 15 is 0 Å². The Hall–Kier alpha value is -4.15. The minimum Gasteiger partial charge on any atom is -0.428 e. The van der Waals surface area contributed by atoms with Crippen molar-refractivity contribution in [1.82, 2.24) is 14.7 Å². The minimum absolute atomic E-state index is 0.0537. The molecule has 2 aliphatic rings. The zero-order valence-electron chi connectivity index (χ0n) is 16.9. The molecule has 0 amide bonds. The molecule has 0 radical (unpaired) electrons. The lowest BCUT2D eigenvalue weighted by Gasteiger charge is -2.16. The van der Waals surface area contributed by atoms with Crippen molar-refractivity contribution in [2.75, 3.05) is 0 Å². The summed E-state index contributed by atoms with van der Waals surface area (Å²) in [5.74, 6) is 0. The Morgan fingerprint density at radius 2 is 1.50 bits per heavy atom. The van der Waals surface area contributed by atoms with Gasteiger partial charge < -0.3 is 5.21 Å². The smallest absolute Gasteiger partial charge is 0.416 e. The number of aromatic nitrogens is 3. The third kappa shape index (κ3) is 3.68. The summed E-state index contributed by atoms with van der Waals surface area (Å²) in [6, 6.07) is 11.6. The molecular formula is C23H12F6N4O. The van der Waals surface area contributed by atoms with E-state index < -0.39 is 23.5 Å². The maximum absolute atomic E-state index is 13.2. The monoisotopic (exact) mass is 474 g/mol. The summed E-state index contributed by atoms with van der Waals surface area (Å²) in [5, 5.41) is 11.4. The van der Waals surface area contributed by atoms with Gasteiger partial charge in [0.15, 0.2) is 0 Å². The van der Waals surface area contributed by atoms with Gasteiger partial charge in [-0.25, -0.2) is 9.98 Å². The molecule has 0 atom stereocenters. The largest absolute Gasteiger partial charge is 0.428 e. The third-order valence-corrected chi connectivity index (χ3v) is 5.26. The quantitative estimate of drug-likeness (QED) is 0.136. The highest BCUT2D eigenvalue weighted by atomic mass is 19.4. The van der Waals surface area contributed by atoms with Crippen LogP contribution in [-0.4, -0.2) is 19.9 Å². The Labute approximate surface area is 186 Å². The molecular weight excluding hydrogens is 462 g/mol. The number of halogens is 6. The van der Waals surface area contributed by atoms with Crippen LogP contribution in [0, 0.1) is 0 Å². The first-order valence-electron chi connectivity index (χ1n) is 9.75. The first-order chi connectivity index (χ1) is 16.0. The highest BCUT2D eigenvalue weighted by Gasteiger charge is 2.31. The van der Waals surface area contributed by atoms with Gasteiger partial charge >= 0.3 is 12.4 Å². The van der Waals surface area contributed by atoms with Gasteiger partial charge in [-0.15, -0.1) is 0 Å². The van der Waals surface area contributed by atoms with Crippen LogP contribution in [0.4, 0.5) is 32.0 Å². The van der Waals surface area contributed by atoms with Gasteiger partial charge in [0, 0.05) is 11.6 Å². The zero-order chi connectivity index (χ0) is 24.3. The van der Waals surface area contributed by atoms with Gasteiger partial charge in [-0.05, 0) is 60.7 Å². The molecule has 1 aromatic heterocycles. The van der Waals surface area contributed by atoms with Crippen LogP contribution >= 0.6 is 0 Å². The first-order valence-corrected chi connectivity index (χ1v) is 9.75. The number of hydrogen-bond donors (Lipinski definition) is 1. The van der Waals surface area contributed by atoms with Crippen molar-refractivity contribution in [3.63, 3.8) is 0 Å². The van der Waals surface area contributed by atoms with Crippen molar-refractivity contribution < 1.29 is 31.5 Å². The average Bonchev–Trinajstić information content (AvgIpc) is 2.79. The van der Waals surface area contributed by atoms with E-state index in [1.54, 1.807) is 12.1 Å². The highest BCUT2D eigenvalue weighted by Crippen LogP contribution is 2.34. The predicted molar refractivity (Wildman–Crippen MR) is 111 cm³/mol. The Balaban J connectivity index is 1.80. The van der Waals surface area contributed by atoms with Crippen molar-refractivity contribution in [2.45, 2.75) is 12.4 Å². The van der Waals surface area contributed by atoms with Crippen LogP contribution in [0.15, 0.2) is 71.9 Å². The molecule has 3 aromatic rings. The van der Waals surface area contributed by atoms with Crippen molar-refractivity contribution in [3.05, 3.63) is 83.3 Å². The number of rotatable bonds is 1. The first kappa shape index (κ1) is 21.7. The Kier molecular flexibility index (Phi) is 4.74. The summed E-state index contributed by atoms with van der Waals surface area (Å²) in [4.78, 5) is 13.1. The molecule has 0 saturated heterocycles. The fourth-order valence-corrected chi connectivity index (χ4v) is 3.65. The second kappa shape index (κ2) is 7.44. The molecule has 2 heterocycles. The SMILES string of the molecule is On1c2cc(=Nc3ccc(C(F)(F)F)cc3)c3ncccc3c-2nc2ccc(C(F)(F)F)cc21. The zero-order valence-corrected chi connectivity index (χ0v) is 16.9. The van der Waals surface area contributed by atoms with Crippen molar-refractivity contribution >= 4 is 27.6 Å². The third-order valence-electron chi connectivity index (χ3n) is 5.26. The summed E-state index contributed by atoms with van der Waals surface area (Å²) < 4.78 is 78.7. The van der Waals surface area contributed by atoms with E-state index in [1.165, 1.54) is 24.4 Å². The molecule has 1 aliphatic carbocycles. The van der Waals surface area contributed by atoms with E-state index in [4.69, 9.17) is 0 Å². The maximum atomic E-state index is 13.2. The molecule has 1 aliphatic heterocycles. The molecule has 34 heavy (non-hydrogen) atoms. The van der Waals surface area contributed by atoms with Gasteiger partial charge in [-0.2, -0.15) is 31.1 Å². The van der Waals surface area contributed by atoms with Crippen molar-refractivity contribution in [3.8, 4) is 11.4 Å². The van der Waals surface area contributed by atoms with Crippen LogP contribution < -0.4 is 5.36 Å². The Bertz CT molecular complexity index is 1590. The van der Waals surface area contributed by atoms with Crippen LogP contribution in [0.3, 0.4) is 0 Å². The fraction of sp³-hybridized carbons (Fsp3) is 0.0870. The summed E-state index contributed by atoms with van der Waals surface area (Å²) in [6.07, 6.45) is -7.63. The van der Waals surface area contributed by atoms with E-state index in [0.717, 1.165) is 30.3 Å². The summed E-state index contributed by atoms with van der Waals surface area (Å²) in [5.41, 5.74) is -0.974. The molecule has 2 aromatic carbocycles. The lowest BCUT2D eigenvalue weighted by molar-refractivity contribution is -0.138. The van der Waals surface area contributed by atoms with Crippen LogP contribution in [0.5, 0.6) is 0 Å². The normalized spacial score (nSPS) is 13.3. The molecule has 0 bridgehead atoms. The predicted octanol–water partition coefficient (Wildman–Crippen LogP) is 6.20. The molecule has 1 N–H and O–H groups in total. The number of hydrogen-bond acceptors (Lipinski definition) is 4. The van der Waals surface area contributed by atoms with Crippen LogP contribution in [0.25, 0.3) is 33.3 Å². The topological polar surface area (TPSA) is 63.3 Å². The van der Waals surface area contributed by atoms with Crippen LogP contribution in [0.2, 0.25) is 0 Å². The number of benzene rings is 3. The van der Waals surface area contributed by atoms with E-state index in [-0.39, 0.29) is 33.5 Å². The van der Waals surface area contributed by atoms with E-state index in [1.807, 2.05) is 0 Å². The number of pyridine rings is 1. The van der Waals surface area contributed by atoms with E-state index in [9.17, 15) is 31.5 Å². The lowest BCUT2D eigenvalue weighted by Crippen LogP contribution is -2.13. The highest BCUT2D eigenvalue weighted by molar-refractivity contribution is 5.95. The molecule has 172 valence electrons. The second-order valence-corrected chi connectivity index (χ2v) is 7.44. The Morgan fingerprint density at radius 1 is 0.824 bits per heavy atom. The van der Waals surface area contributed by atoms with Gasteiger partial charge in [0.25, 0.3) is 0 Å². The standard InChI is InChI=1S/C23H12F6N4O/c24-22(25,26)12-3-6-14(7-4-12)31-17-11-19-21(15-2-1-9-30-20(15)17)32-16-8-5-13(23(27,28)29)10-18(16)33(19)34/h1-11,34H. The van der Waals surface area contributed by atoms with Gasteiger partial charge in [0.05, 0.1) is 33.2 Å².